The summed E-state index contributed by atoms with van der Waals surface area (Å²) in [5.74, 6) is 0. The van der Waals surface area contributed by atoms with E-state index in [2.05, 4.69) is 10.6 Å². The molecule has 1 saturated heterocycles. The summed E-state index contributed by atoms with van der Waals surface area (Å²) in [4.78, 5) is 0. The average molecular weight is 186 g/mol. The van der Waals surface area contributed by atoms with E-state index in [0.29, 0.717) is 12.6 Å². The molecule has 0 saturated carbocycles. The first kappa shape index (κ1) is 11.0. The van der Waals surface area contributed by atoms with Gasteiger partial charge in [-0.1, -0.05) is 19.3 Å². The van der Waals surface area contributed by atoms with Crippen LogP contribution < -0.4 is 10.6 Å². The van der Waals surface area contributed by atoms with Crippen molar-refractivity contribution in [1.82, 2.24) is 10.6 Å². The van der Waals surface area contributed by atoms with Crippen LogP contribution in [-0.4, -0.2) is 37.4 Å². The van der Waals surface area contributed by atoms with Gasteiger partial charge >= 0.3 is 0 Å². The number of hydrogen-bond acceptors (Lipinski definition) is 3. The quantitative estimate of drug-likeness (QED) is 0.529. The van der Waals surface area contributed by atoms with E-state index in [9.17, 15) is 0 Å². The Labute approximate surface area is 80.9 Å². The second kappa shape index (κ2) is 7.30. The third-order valence-electron chi connectivity index (χ3n) is 2.59. The van der Waals surface area contributed by atoms with Crippen molar-refractivity contribution in [3.63, 3.8) is 0 Å². The number of rotatable bonds is 6. The molecule has 1 heterocycles. The number of hydrogen-bond donors (Lipinski definition) is 3. The van der Waals surface area contributed by atoms with Crippen LogP contribution in [0.4, 0.5) is 0 Å². The Bertz CT molecular complexity index is 113. The highest BCUT2D eigenvalue weighted by atomic mass is 16.2. The molecule has 78 valence electrons. The van der Waals surface area contributed by atoms with Crippen molar-refractivity contribution in [2.45, 2.75) is 38.1 Å². The van der Waals surface area contributed by atoms with Crippen molar-refractivity contribution in [2.24, 2.45) is 0 Å². The lowest BCUT2D eigenvalue weighted by atomic mass is 10.1. The molecule has 1 aliphatic heterocycles. The van der Waals surface area contributed by atoms with Crippen LogP contribution >= 0.6 is 0 Å². The van der Waals surface area contributed by atoms with Gasteiger partial charge in [0.2, 0.25) is 0 Å². The minimum Gasteiger partial charge on any atom is -0.396 e. The Morgan fingerprint density at radius 3 is 2.62 bits per heavy atom. The molecule has 13 heavy (non-hydrogen) atoms. The fraction of sp³-hybridized carbons (Fsp3) is 1.00. The van der Waals surface area contributed by atoms with E-state index >= 15 is 0 Å². The lowest BCUT2D eigenvalue weighted by molar-refractivity contribution is 0.281. The molecule has 0 bridgehead atoms. The zero-order valence-electron chi connectivity index (χ0n) is 8.39. The number of unbranched alkanes of at least 4 members (excludes halogenated alkanes) is 3. The smallest absolute Gasteiger partial charge is 0.0431 e. The van der Waals surface area contributed by atoms with Crippen LogP contribution in [-0.2, 0) is 0 Å². The maximum Gasteiger partial charge on any atom is 0.0431 e. The van der Waals surface area contributed by atoms with E-state index in [1.54, 1.807) is 0 Å². The highest BCUT2D eigenvalue weighted by Gasteiger charge is 2.10. The molecule has 1 aliphatic rings. The van der Waals surface area contributed by atoms with Gasteiger partial charge in [-0.05, 0) is 12.8 Å². The molecule has 0 radical (unpaired) electrons. The van der Waals surface area contributed by atoms with Gasteiger partial charge in [0.1, 0.15) is 0 Å². The Balaban J connectivity index is 1.86. The lowest BCUT2D eigenvalue weighted by Gasteiger charge is -2.24. The van der Waals surface area contributed by atoms with Gasteiger partial charge in [-0.3, -0.25) is 0 Å². The SMILES string of the molecule is OCCCCCCC1CNCCN1. The van der Waals surface area contributed by atoms with E-state index in [1.165, 1.54) is 25.7 Å². The molecule has 1 fully saturated rings. The van der Waals surface area contributed by atoms with Crippen LogP contribution in [0.15, 0.2) is 0 Å². The Kier molecular flexibility index (Phi) is 6.15. The predicted molar refractivity (Wildman–Crippen MR) is 54.8 cm³/mol. The highest BCUT2D eigenvalue weighted by Crippen LogP contribution is 2.06. The van der Waals surface area contributed by atoms with Crippen LogP contribution in [0.5, 0.6) is 0 Å². The van der Waals surface area contributed by atoms with Gasteiger partial charge < -0.3 is 15.7 Å². The molecule has 0 spiro atoms. The molecule has 0 aromatic rings. The minimum atomic E-state index is 0.350. The van der Waals surface area contributed by atoms with E-state index < -0.39 is 0 Å². The normalized spacial score (nSPS) is 23.3. The zero-order valence-corrected chi connectivity index (χ0v) is 8.39. The summed E-state index contributed by atoms with van der Waals surface area (Å²) in [6, 6.07) is 0.683. The van der Waals surface area contributed by atoms with Crippen molar-refractivity contribution in [1.29, 1.82) is 0 Å². The van der Waals surface area contributed by atoms with Crippen LogP contribution in [0.2, 0.25) is 0 Å². The van der Waals surface area contributed by atoms with Crippen molar-refractivity contribution in [3.05, 3.63) is 0 Å². The summed E-state index contributed by atoms with van der Waals surface area (Å²) in [6.07, 6.45) is 5.98. The van der Waals surface area contributed by atoms with Crippen molar-refractivity contribution in [2.75, 3.05) is 26.2 Å². The molecule has 3 nitrogen and oxygen atoms in total. The molecule has 3 heteroatoms. The first-order chi connectivity index (χ1) is 6.43. The molecule has 0 aliphatic carbocycles. The summed E-state index contributed by atoms with van der Waals surface area (Å²) in [7, 11) is 0. The van der Waals surface area contributed by atoms with Gasteiger partial charge in [-0.25, -0.2) is 0 Å². The molecular weight excluding hydrogens is 164 g/mol. The first-order valence-corrected chi connectivity index (χ1v) is 5.48. The van der Waals surface area contributed by atoms with Gasteiger partial charge in [0.25, 0.3) is 0 Å². The molecule has 0 aromatic heterocycles. The second-order valence-electron chi connectivity index (χ2n) is 3.78. The summed E-state index contributed by atoms with van der Waals surface area (Å²) >= 11 is 0. The van der Waals surface area contributed by atoms with Crippen LogP contribution in [0.3, 0.4) is 0 Å². The standard InChI is InChI=1S/C10H22N2O/c13-8-4-2-1-3-5-10-9-11-6-7-12-10/h10-13H,1-9H2. The van der Waals surface area contributed by atoms with Crippen molar-refractivity contribution >= 4 is 0 Å². The van der Waals surface area contributed by atoms with Crippen LogP contribution in [0.1, 0.15) is 32.1 Å². The maximum absolute atomic E-state index is 8.59. The Morgan fingerprint density at radius 1 is 1.08 bits per heavy atom. The number of aliphatic hydroxyl groups excluding tert-OH is 1. The van der Waals surface area contributed by atoms with Crippen molar-refractivity contribution < 1.29 is 5.11 Å². The molecule has 0 amide bonds. The van der Waals surface area contributed by atoms with E-state index in [0.717, 1.165) is 26.1 Å². The van der Waals surface area contributed by atoms with E-state index in [4.69, 9.17) is 5.11 Å². The highest BCUT2D eigenvalue weighted by molar-refractivity contribution is 4.74. The molecule has 1 atom stereocenters. The number of piperazine rings is 1. The first-order valence-electron chi connectivity index (χ1n) is 5.48. The summed E-state index contributed by atoms with van der Waals surface area (Å²) in [6.45, 7) is 3.70. The molecule has 1 unspecified atom stereocenters. The summed E-state index contributed by atoms with van der Waals surface area (Å²) < 4.78 is 0. The van der Waals surface area contributed by atoms with E-state index in [1.807, 2.05) is 0 Å². The Hall–Kier alpha value is -0.120. The monoisotopic (exact) mass is 186 g/mol. The topological polar surface area (TPSA) is 44.3 Å². The second-order valence-corrected chi connectivity index (χ2v) is 3.78. The van der Waals surface area contributed by atoms with Gasteiger partial charge in [0.15, 0.2) is 0 Å². The minimum absolute atomic E-state index is 0.350. The maximum atomic E-state index is 8.59. The molecule has 0 aromatic carbocycles. The Morgan fingerprint density at radius 2 is 1.92 bits per heavy atom. The van der Waals surface area contributed by atoms with Gasteiger partial charge in [-0.2, -0.15) is 0 Å². The number of nitrogens with one attached hydrogen (secondary N) is 2. The fourth-order valence-corrected chi connectivity index (χ4v) is 1.77. The third-order valence-corrected chi connectivity index (χ3v) is 2.59. The van der Waals surface area contributed by atoms with Crippen molar-refractivity contribution in [3.8, 4) is 0 Å². The zero-order chi connectivity index (χ0) is 9.36. The lowest BCUT2D eigenvalue weighted by Crippen LogP contribution is -2.48. The predicted octanol–water partition coefficient (Wildman–Crippen LogP) is 0.491. The largest absolute Gasteiger partial charge is 0.396 e. The number of aliphatic hydroxyl groups is 1. The van der Waals surface area contributed by atoms with Gasteiger partial charge in [0, 0.05) is 32.3 Å². The fourth-order valence-electron chi connectivity index (χ4n) is 1.77. The molecule has 1 rings (SSSR count). The van der Waals surface area contributed by atoms with E-state index in [-0.39, 0.29) is 0 Å². The summed E-state index contributed by atoms with van der Waals surface area (Å²) in [5, 5.41) is 15.5. The van der Waals surface area contributed by atoms with Gasteiger partial charge in [0.05, 0.1) is 0 Å². The molecular formula is C10H22N2O. The third kappa shape index (κ3) is 5.24. The molecule has 3 N–H and O–H groups in total. The van der Waals surface area contributed by atoms with Crippen LogP contribution in [0, 0.1) is 0 Å². The average Bonchev–Trinajstić information content (AvgIpc) is 2.19. The summed E-state index contributed by atoms with van der Waals surface area (Å²) in [5.41, 5.74) is 0. The van der Waals surface area contributed by atoms with Crippen LogP contribution in [0.25, 0.3) is 0 Å². The van der Waals surface area contributed by atoms with Gasteiger partial charge in [-0.15, -0.1) is 0 Å².